The maximum absolute atomic E-state index is 5.68. The molecule has 0 aromatic carbocycles. The van der Waals surface area contributed by atoms with Crippen LogP contribution >= 0.6 is 0 Å². The second-order valence-electron chi connectivity index (χ2n) is 5.92. The van der Waals surface area contributed by atoms with Crippen LogP contribution in [0.3, 0.4) is 0 Å². The van der Waals surface area contributed by atoms with Gasteiger partial charge >= 0.3 is 6.96 Å². The highest BCUT2D eigenvalue weighted by Gasteiger charge is 2.47. The highest BCUT2D eigenvalue weighted by Crippen LogP contribution is 2.31. The lowest BCUT2D eigenvalue weighted by Crippen LogP contribution is -2.65. The largest absolute Gasteiger partial charge is 0.531 e. The van der Waals surface area contributed by atoms with E-state index in [2.05, 4.69) is 13.2 Å². The molecular formula is C14H24BO6-. The van der Waals surface area contributed by atoms with Gasteiger partial charge in [-0.2, -0.15) is 0 Å². The molecular weight excluding hydrogens is 275 g/mol. The lowest BCUT2D eigenvalue weighted by atomic mass is 9.93. The van der Waals surface area contributed by atoms with E-state index in [0.29, 0.717) is 39.6 Å². The van der Waals surface area contributed by atoms with Gasteiger partial charge in [0.25, 0.3) is 0 Å². The van der Waals surface area contributed by atoms with Gasteiger partial charge < -0.3 is 28.1 Å². The molecule has 0 atom stereocenters. The lowest BCUT2D eigenvalue weighted by Gasteiger charge is -2.54. The molecule has 6 nitrogen and oxygen atoms in total. The van der Waals surface area contributed by atoms with Crippen molar-refractivity contribution in [2.45, 2.75) is 25.0 Å². The Morgan fingerprint density at radius 1 is 0.857 bits per heavy atom. The zero-order valence-corrected chi connectivity index (χ0v) is 12.8. The van der Waals surface area contributed by atoms with Gasteiger partial charge in [-0.05, 0) is 13.8 Å². The summed E-state index contributed by atoms with van der Waals surface area (Å²) in [7, 11) is 0. The zero-order valence-electron chi connectivity index (χ0n) is 12.8. The van der Waals surface area contributed by atoms with Crippen LogP contribution in [0.4, 0.5) is 0 Å². The van der Waals surface area contributed by atoms with Crippen LogP contribution < -0.4 is 0 Å². The van der Waals surface area contributed by atoms with Crippen molar-refractivity contribution < 1.29 is 28.1 Å². The summed E-state index contributed by atoms with van der Waals surface area (Å²) in [6, 6.07) is 0. The van der Waals surface area contributed by atoms with Gasteiger partial charge in [0.1, 0.15) is 11.2 Å². The molecule has 2 fully saturated rings. The predicted molar refractivity (Wildman–Crippen MR) is 78.7 cm³/mol. The summed E-state index contributed by atoms with van der Waals surface area (Å²) in [6.45, 7) is 11.2. The van der Waals surface area contributed by atoms with Gasteiger partial charge in [0.2, 0.25) is 0 Å². The highest BCUT2D eigenvalue weighted by molar-refractivity contribution is 6.53. The molecule has 0 unspecified atom stereocenters. The first-order valence-electron chi connectivity index (χ1n) is 7.13. The molecule has 0 saturated carbocycles. The number of rotatable bonds is 6. The summed E-state index contributed by atoms with van der Waals surface area (Å²) in [4.78, 5) is 0. The van der Waals surface area contributed by atoms with Gasteiger partial charge in [-0.25, -0.2) is 0 Å². The second-order valence-corrected chi connectivity index (χ2v) is 5.92. The van der Waals surface area contributed by atoms with Crippen LogP contribution in [0.5, 0.6) is 0 Å². The van der Waals surface area contributed by atoms with E-state index in [1.165, 1.54) is 0 Å². The van der Waals surface area contributed by atoms with E-state index < -0.39 is 18.2 Å². The fourth-order valence-corrected chi connectivity index (χ4v) is 2.17. The van der Waals surface area contributed by atoms with Gasteiger partial charge in [0.15, 0.2) is 0 Å². The monoisotopic (exact) mass is 299 g/mol. The van der Waals surface area contributed by atoms with Crippen molar-refractivity contribution in [1.29, 1.82) is 0 Å². The van der Waals surface area contributed by atoms with Gasteiger partial charge in [-0.15, -0.1) is 13.2 Å². The number of hydrogen-bond acceptors (Lipinski definition) is 6. The molecule has 2 aliphatic rings. The van der Waals surface area contributed by atoms with Gasteiger partial charge in [-0.1, -0.05) is 12.2 Å². The van der Waals surface area contributed by atoms with Gasteiger partial charge in [-0.3, -0.25) is 0 Å². The molecule has 2 rings (SSSR count). The van der Waals surface area contributed by atoms with Gasteiger partial charge in [0, 0.05) is 26.4 Å². The molecule has 21 heavy (non-hydrogen) atoms. The Kier molecular flexibility index (Phi) is 5.24. The third kappa shape index (κ3) is 4.15. The molecule has 1 spiro atoms. The zero-order chi connectivity index (χ0) is 15.4. The lowest BCUT2D eigenvalue weighted by molar-refractivity contribution is -0.206. The van der Waals surface area contributed by atoms with Crippen molar-refractivity contribution >= 4 is 6.96 Å². The van der Waals surface area contributed by atoms with Crippen LogP contribution in [0, 0.1) is 0 Å². The SMILES string of the molecule is C=CCOC1(C)CO[B-]2(OC1)OCC(C)(OCC=C)CO2. The Hall–Kier alpha value is -0.695. The smallest absolute Gasteiger partial charge is 0.516 e. The summed E-state index contributed by atoms with van der Waals surface area (Å²) >= 11 is 0. The number of ether oxygens (including phenoxy) is 2. The minimum absolute atomic E-state index is 0.338. The molecule has 0 aromatic heterocycles. The summed E-state index contributed by atoms with van der Waals surface area (Å²) < 4.78 is 34.0. The average Bonchev–Trinajstić information content (AvgIpc) is 2.50. The molecule has 7 heteroatoms. The Balaban J connectivity index is 1.85. The Bertz CT molecular complexity index is 330. The van der Waals surface area contributed by atoms with Crippen LogP contribution in [0.2, 0.25) is 0 Å². The van der Waals surface area contributed by atoms with E-state index in [1.807, 2.05) is 13.8 Å². The van der Waals surface area contributed by atoms with Crippen molar-refractivity contribution in [2.75, 3.05) is 39.6 Å². The normalized spacial score (nSPS) is 40.1. The second kappa shape index (κ2) is 6.60. The molecule has 2 heterocycles. The van der Waals surface area contributed by atoms with Crippen molar-refractivity contribution in [1.82, 2.24) is 0 Å². The Morgan fingerprint density at radius 3 is 1.48 bits per heavy atom. The fourth-order valence-electron chi connectivity index (χ4n) is 2.17. The molecule has 0 aromatic rings. The third-order valence-electron chi connectivity index (χ3n) is 3.47. The molecule has 0 bridgehead atoms. The predicted octanol–water partition coefficient (Wildman–Crippen LogP) is 1.44. The first-order valence-corrected chi connectivity index (χ1v) is 7.13. The van der Waals surface area contributed by atoms with Crippen LogP contribution in [0.1, 0.15) is 13.8 Å². The standard InChI is InChI=1S/C14H24BO6/c1-5-7-16-13(3)9-18-15(19-10-13)20-11-14(4,12-21-15)17-8-6-2/h5-6H,1-2,7-12H2,3-4H3/q-1. The summed E-state index contributed by atoms with van der Waals surface area (Å²) in [5, 5.41) is 0. The van der Waals surface area contributed by atoms with Crippen molar-refractivity contribution in [2.24, 2.45) is 0 Å². The van der Waals surface area contributed by atoms with E-state index in [9.17, 15) is 0 Å². The summed E-state index contributed by atoms with van der Waals surface area (Å²) in [5.74, 6) is 0. The average molecular weight is 299 g/mol. The maximum atomic E-state index is 5.68. The molecule has 2 saturated heterocycles. The topological polar surface area (TPSA) is 55.4 Å². The van der Waals surface area contributed by atoms with Gasteiger partial charge in [0.05, 0.1) is 13.2 Å². The van der Waals surface area contributed by atoms with Crippen LogP contribution in [0.25, 0.3) is 0 Å². The minimum atomic E-state index is -2.16. The first-order chi connectivity index (χ1) is 9.95. The van der Waals surface area contributed by atoms with E-state index in [-0.39, 0.29) is 0 Å². The fraction of sp³-hybridized carbons (Fsp3) is 0.714. The molecule has 0 radical (unpaired) electrons. The highest BCUT2D eigenvalue weighted by atomic mass is 16.9. The van der Waals surface area contributed by atoms with E-state index >= 15 is 0 Å². The molecule has 120 valence electrons. The minimum Gasteiger partial charge on any atom is -0.516 e. The van der Waals surface area contributed by atoms with Crippen LogP contribution in [-0.2, 0) is 28.1 Å². The molecule has 0 aliphatic carbocycles. The van der Waals surface area contributed by atoms with E-state index in [4.69, 9.17) is 28.1 Å². The van der Waals surface area contributed by atoms with E-state index in [0.717, 1.165) is 0 Å². The first kappa shape index (κ1) is 16.7. The van der Waals surface area contributed by atoms with Crippen molar-refractivity contribution in [3.8, 4) is 0 Å². The van der Waals surface area contributed by atoms with E-state index in [1.54, 1.807) is 12.2 Å². The van der Waals surface area contributed by atoms with Crippen LogP contribution in [0.15, 0.2) is 25.3 Å². The Morgan fingerprint density at radius 2 is 1.19 bits per heavy atom. The maximum Gasteiger partial charge on any atom is 0.531 e. The third-order valence-corrected chi connectivity index (χ3v) is 3.47. The molecule has 0 N–H and O–H groups in total. The van der Waals surface area contributed by atoms with Crippen LogP contribution in [-0.4, -0.2) is 57.8 Å². The van der Waals surface area contributed by atoms with Crippen molar-refractivity contribution in [3.05, 3.63) is 25.3 Å². The summed E-state index contributed by atoms with van der Waals surface area (Å²) in [5.41, 5.74) is -1.04. The Labute approximate surface area is 126 Å². The summed E-state index contributed by atoms with van der Waals surface area (Å²) in [6.07, 6.45) is 3.38. The number of hydrogen-bond donors (Lipinski definition) is 0. The molecule has 0 amide bonds. The quantitative estimate of drug-likeness (QED) is 0.546. The molecule has 2 aliphatic heterocycles. The van der Waals surface area contributed by atoms with Crippen molar-refractivity contribution in [3.63, 3.8) is 0 Å².